The number of likely N-dealkylation sites (tertiary alicyclic amines) is 1. The number of hydrogen-bond acceptors (Lipinski definition) is 4. The third kappa shape index (κ3) is 2.74. The van der Waals surface area contributed by atoms with Gasteiger partial charge in [0.1, 0.15) is 13.2 Å². The molecule has 1 aromatic rings. The first-order valence-electron chi connectivity index (χ1n) is 7.24. The molecular weight excluding hydrogens is 261 g/mol. The molecule has 5 heteroatoms. The van der Waals surface area contributed by atoms with Crippen molar-refractivity contribution in [3.8, 4) is 11.5 Å². The molecule has 2 aliphatic heterocycles. The Morgan fingerprint density at radius 2 is 1.95 bits per heavy atom. The highest BCUT2D eigenvalue weighted by Gasteiger charge is 2.23. The van der Waals surface area contributed by atoms with Gasteiger partial charge in [-0.25, -0.2) is 4.39 Å². The van der Waals surface area contributed by atoms with Crippen LogP contribution in [0.15, 0.2) is 12.1 Å². The zero-order chi connectivity index (χ0) is 13.9. The van der Waals surface area contributed by atoms with Crippen molar-refractivity contribution in [1.29, 1.82) is 0 Å². The van der Waals surface area contributed by atoms with Gasteiger partial charge in [0.05, 0.1) is 6.10 Å². The van der Waals surface area contributed by atoms with Crippen LogP contribution >= 0.6 is 0 Å². The van der Waals surface area contributed by atoms with Crippen LogP contribution in [0.3, 0.4) is 0 Å². The third-order valence-electron chi connectivity index (χ3n) is 3.95. The fourth-order valence-electron chi connectivity index (χ4n) is 2.82. The molecule has 1 saturated heterocycles. The van der Waals surface area contributed by atoms with Crippen LogP contribution in [0.5, 0.6) is 11.5 Å². The molecule has 0 radical (unpaired) electrons. The monoisotopic (exact) mass is 281 g/mol. The molecule has 1 fully saturated rings. The Hall–Kier alpha value is -1.33. The molecule has 0 bridgehead atoms. The van der Waals surface area contributed by atoms with Gasteiger partial charge in [0.2, 0.25) is 0 Å². The quantitative estimate of drug-likeness (QED) is 0.918. The van der Waals surface area contributed by atoms with Gasteiger partial charge in [0.15, 0.2) is 17.3 Å². The molecule has 0 aromatic heterocycles. The molecule has 4 nitrogen and oxygen atoms in total. The number of rotatable bonds is 4. The minimum Gasteiger partial charge on any atom is -0.486 e. The number of aliphatic hydroxyl groups is 1. The Labute approximate surface area is 118 Å². The summed E-state index contributed by atoms with van der Waals surface area (Å²) < 4.78 is 25.0. The van der Waals surface area contributed by atoms with E-state index < -0.39 is 11.9 Å². The summed E-state index contributed by atoms with van der Waals surface area (Å²) in [5.74, 6) is 0.0642. The standard InChI is InChI=1S/C15H20FNO3/c16-14-11(3-4-13-15(14)20-10-9-19-13)12(18)5-8-17-6-1-2-7-17/h3-4,12,18H,1-2,5-10H2/t12-/m0/s1. The summed E-state index contributed by atoms with van der Waals surface area (Å²) in [6.45, 7) is 3.74. The Kier molecular flexibility index (Phi) is 4.08. The van der Waals surface area contributed by atoms with E-state index in [0.717, 1.165) is 19.6 Å². The van der Waals surface area contributed by atoms with Gasteiger partial charge in [-0.3, -0.25) is 0 Å². The normalized spacial score (nSPS) is 20.1. The zero-order valence-corrected chi connectivity index (χ0v) is 11.5. The van der Waals surface area contributed by atoms with E-state index in [1.807, 2.05) is 0 Å². The topological polar surface area (TPSA) is 41.9 Å². The molecule has 110 valence electrons. The fraction of sp³-hybridized carbons (Fsp3) is 0.600. The lowest BCUT2D eigenvalue weighted by atomic mass is 10.0. The highest BCUT2D eigenvalue weighted by atomic mass is 19.1. The number of fused-ring (bicyclic) bond motifs is 1. The van der Waals surface area contributed by atoms with Crippen LogP contribution < -0.4 is 9.47 Å². The van der Waals surface area contributed by atoms with Crippen molar-refractivity contribution in [1.82, 2.24) is 4.90 Å². The fourth-order valence-corrected chi connectivity index (χ4v) is 2.82. The smallest absolute Gasteiger partial charge is 0.197 e. The predicted octanol–water partition coefficient (Wildman–Crippen LogP) is 2.12. The van der Waals surface area contributed by atoms with Crippen LogP contribution in [0.4, 0.5) is 4.39 Å². The van der Waals surface area contributed by atoms with E-state index in [1.54, 1.807) is 12.1 Å². The average Bonchev–Trinajstić information content (AvgIpc) is 2.99. The van der Waals surface area contributed by atoms with Gasteiger partial charge < -0.3 is 19.5 Å². The lowest BCUT2D eigenvalue weighted by Crippen LogP contribution is -2.22. The van der Waals surface area contributed by atoms with Crippen molar-refractivity contribution in [2.45, 2.75) is 25.4 Å². The first-order valence-corrected chi connectivity index (χ1v) is 7.24. The second kappa shape index (κ2) is 5.97. The summed E-state index contributed by atoms with van der Waals surface area (Å²) in [7, 11) is 0. The lowest BCUT2D eigenvalue weighted by molar-refractivity contribution is 0.138. The molecule has 0 saturated carbocycles. The SMILES string of the molecule is O[C@@H](CCN1CCCC1)c1ccc2c(c1F)OCCO2. The number of aliphatic hydroxyl groups excluding tert-OH is 1. The molecule has 3 rings (SSSR count). The minimum atomic E-state index is -0.800. The van der Waals surface area contributed by atoms with Gasteiger partial charge in [-0.15, -0.1) is 0 Å². The van der Waals surface area contributed by atoms with Crippen molar-refractivity contribution < 1.29 is 19.0 Å². The maximum atomic E-state index is 14.3. The second-order valence-corrected chi connectivity index (χ2v) is 5.35. The van der Waals surface area contributed by atoms with E-state index in [1.165, 1.54) is 12.8 Å². The number of benzene rings is 1. The van der Waals surface area contributed by atoms with Crippen LogP contribution in [0.2, 0.25) is 0 Å². The van der Waals surface area contributed by atoms with Gasteiger partial charge in [0, 0.05) is 12.1 Å². The summed E-state index contributed by atoms with van der Waals surface area (Å²) >= 11 is 0. The second-order valence-electron chi connectivity index (χ2n) is 5.35. The molecular formula is C15H20FNO3. The Bertz CT molecular complexity index is 474. The highest BCUT2D eigenvalue weighted by molar-refractivity contribution is 5.46. The van der Waals surface area contributed by atoms with Crippen LogP contribution in [0.25, 0.3) is 0 Å². The zero-order valence-electron chi connectivity index (χ0n) is 11.5. The number of halogens is 1. The largest absolute Gasteiger partial charge is 0.486 e. The Morgan fingerprint density at radius 3 is 2.75 bits per heavy atom. The Morgan fingerprint density at radius 1 is 1.20 bits per heavy atom. The van der Waals surface area contributed by atoms with E-state index in [0.29, 0.717) is 30.9 Å². The van der Waals surface area contributed by atoms with Gasteiger partial charge in [-0.05, 0) is 44.5 Å². The molecule has 1 atom stereocenters. The summed E-state index contributed by atoms with van der Waals surface area (Å²) in [5, 5.41) is 10.2. The van der Waals surface area contributed by atoms with Crippen molar-refractivity contribution >= 4 is 0 Å². The molecule has 2 aliphatic rings. The van der Waals surface area contributed by atoms with E-state index in [2.05, 4.69) is 4.90 Å². The van der Waals surface area contributed by atoms with Crippen LogP contribution in [0.1, 0.15) is 30.9 Å². The maximum Gasteiger partial charge on any atom is 0.197 e. The van der Waals surface area contributed by atoms with Crippen LogP contribution in [-0.4, -0.2) is 42.9 Å². The van der Waals surface area contributed by atoms with E-state index in [4.69, 9.17) is 9.47 Å². The van der Waals surface area contributed by atoms with Crippen molar-refractivity contribution in [2.24, 2.45) is 0 Å². The maximum absolute atomic E-state index is 14.3. The summed E-state index contributed by atoms with van der Waals surface area (Å²) in [5.41, 5.74) is 0.299. The molecule has 2 heterocycles. The van der Waals surface area contributed by atoms with E-state index >= 15 is 0 Å². The molecule has 0 aliphatic carbocycles. The minimum absolute atomic E-state index is 0.133. The van der Waals surface area contributed by atoms with E-state index in [-0.39, 0.29) is 5.75 Å². The lowest BCUT2D eigenvalue weighted by Gasteiger charge is -2.22. The van der Waals surface area contributed by atoms with Crippen molar-refractivity contribution in [2.75, 3.05) is 32.8 Å². The molecule has 20 heavy (non-hydrogen) atoms. The summed E-state index contributed by atoms with van der Waals surface area (Å²) in [6.07, 6.45) is 2.17. The number of ether oxygens (including phenoxy) is 2. The highest BCUT2D eigenvalue weighted by Crippen LogP contribution is 2.37. The van der Waals surface area contributed by atoms with Gasteiger partial charge in [0.25, 0.3) is 0 Å². The van der Waals surface area contributed by atoms with Gasteiger partial charge in [-0.1, -0.05) is 0 Å². The molecule has 0 unspecified atom stereocenters. The van der Waals surface area contributed by atoms with Gasteiger partial charge >= 0.3 is 0 Å². The molecule has 1 N–H and O–H groups in total. The van der Waals surface area contributed by atoms with Crippen molar-refractivity contribution in [3.63, 3.8) is 0 Å². The van der Waals surface area contributed by atoms with Gasteiger partial charge in [-0.2, -0.15) is 0 Å². The van der Waals surface area contributed by atoms with Crippen molar-refractivity contribution in [3.05, 3.63) is 23.5 Å². The summed E-state index contributed by atoms with van der Waals surface area (Å²) in [6, 6.07) is 3.27. The molecule has 0 amide bonds. The molecule has 0 spiro atoms. The first kappa shape index (κ1) is 13.6. The molecule has 1 aromatic carbocycles. The number of hydrogen-bond donors (Lipinski definition) is 1. The predicted molar refractivity (Wildman–Crippen MR) is 72.6 cm³/mol. The van der Waals surface area contributed by atoms with Crippen LogP contribution in [-0.2, 0) is 0 Å². The van der Waals surface area contributed by atoms with Crippen LogP contribution in [0, 0.1) is 5.82 Å². The summed E-state index contributed by atoms with van der Waals surface area (Å²) in [4.78, 5) is 2.30. The van der Waals surface area contributed by atoms with E-state index in [9.17, 15) is 9.50 Å². The average molecular weight is 281 g/mol. The third-order valence-corrected chi connectivity index (χ3v) is 3.95. The Balaban J connectivity index is 1.69. The number of nitrogens with zero attached hydrogens (tertiary/aromatic N) is 1. The first-order chi connectivity index (χ1) is 9.75.